The van der Waals surface area contributed by atoms with Gasteiger partial charge in [-0.2, -0.15) is 0 Å². The molecule has 6 aromatic rings. The van der Waals surface area contributed by atoms with E-state index in [-0.39, 0.29) is 0 Å². The van der Waals surface area contributed by atoms with E-state index in [2.05, 4.69) is 68.4 Å². The summed E-state index contributed by atoms with van der Waals surface area (Å²) >= 11 is 3.63. The number of para-hydroxylation sites is 2. The van der Waals surface area contributed by atoms with Crippen LogP contribution in [0.4, 0.5) is 0 Å². The van der Waals surface area contributed by atoms with Gasteiger partial charge in [0.05, 0.1) is 15.9 Å². The first kappa shape index (κ1) is 19.0. The molecule has 0 aliphatic rings. The summed E-state index contributed by atoms with van der Waals surface area (Å²) in [6, 6.07) is 30.9. The molecule has 3 heterocycles. The number of aromatic nitrogens is 2. The molecule has 3 aromatic heterocycles. The fraction of sp³-hybridized carbons (Fsp3) is 0. The minimum absolute atomic E-state index is 0.862. The number of fused-ring (bicyclic) bond motifs is 3. The van der Waals surface area contributed by atoms with E-state index in [4.69, 9.17) is 4.42 Å². The van der Waals surface area contributed by atoms with E-state index in [0.717, 1.165) is 60.1 Å². The SMILES string of the molecule is Brc1cccc2c1oc1c(-c3cc(-c4ccccn4)cc(-c4ccccn4)c3)cccc12. The summed E-state index contributed by atoms with van der Waals surface area (Å²) in [6.45, 7) is 0. The van der Waals surface area contributed by atoms with Crippen LogP contribution >= 0.6 is 15.9 Å². The van der Waals surface area contributed by atoms with E-state index in [1.165, 1.54) is 0 Å². The van der Waals surface area contributed by atoms with Gasteiger partial charge in [-0.3, -0.25) is 9.97 Å². The lowest BCUT2D eigenvalue weighted by Crippen LogP contribution is -1.89. The lowest BCUT2D eigenvalue weighted by atomic mass is 9.95. The zero-order valence-electron chi connectivity index (χ0n) is 17.0. The van der Waals surface area contributed by atoms with Crippen LogP contribution in [0.1, 0.15) is 0 Å². The van der Waals surface area contributed by atoms with Gasteiger partial charge in [-0.15, -0.1) is 0 Å². The number of benzene rings is 3. The number of hydrogen-bond donors (Lipinski definition) is 0. The summed E-state index contributed by atoms with van der Waals surface area (Å²) in [5.74, 6) is 0. The van der Waals surface area contributed by atoms with E-state index in [1.807, 2.05) is 60.9 Å². The van der Waals surface area contributed by atoms with Crippen molar-refractivity contribution in [2.75, 3.05) is 0 Å². The van der Waals surface area contributed by atoms with Gasteiger partial charge in [-0.1, -0.05) is 42.5 Å². The Bertz CT molecular complexity index is 1520. The molecule has 3 nitrogen and oxygen atoms in total. The number of halogens is 1. The topological polar surface area (TPSA) is 38.9 Å². The zero-order valence-corrected chi connectivity index (χ0v) is 18.6. The Kier molecular flexibility index (Phi) is 4.58. The van der Waals surface area contributed by atoms with E-state index in [1.54, 1.807) is 0 Å². The number of furan rings is 1. The molecule has 0 aliphatic carbocycles. The normalized spacial score (nSPS) is 11.3. The highest BCUT2D eigenvalue weighted by molar-refractivity contribution is 9.10. The molecule has 0 saturated carbocycles. The minimum atomic E-state index is 0.862. The molecule has 0 atom stereocenters. The van der Waals surface area contributed by atoms with Crippen molar-refractivity contribution in [2.45, 2.75) is 0 Å². The number of rotatable bonds is 3. The van der Waals surface area contributed by atoms with Crippen LogP contribution in [-0.4, -0.2) is 9.97 Å². The van der Waals surface area contributed by atoms with E-state index < -0.39 is 0 Å². The zero-order chi connectivity index (χ0) is 21.5. The summed E-state index contributed by atoms with van der Waals surface area (Å²) in [7, 11) is 0. The van der Waals surface area contributed by atoms with Crippen molar-refractivity contribution in [3.05, 3.63) is 108 Å². The highest BCUT2D eigenvalue weighted by Gasteiger charge is 2.15. The Labute approximate surface area is 193 Å². The van der Waals surface area contributed by atoms with Gasteiger partial charge in [0.25, 0.3) is 0 Å². The molecule has 6 rings (SSSR count). The molecule has 152 valence electrons. The van der Waals surface area contributed by atoms with Crippen LogP contribution in [-0.2, 0) is 0 Å². The maximum absolute atomic E-state index is 6.38. The van der Waals surface area contributed by atoms with Crippen LogP contribution < -0.4 is 0 Å². The Morgan fingerprint density at radius 1 is 0.562 bits per heavy atom. The Hall–Kier alpha value is -3.76. The first-order valence-corrected chi connectivity index (χ1v) is 11.2. The second-order valence-corrected chi connectivity index (χ2v) is 8.48. The average molecular weight is 477 g/mol. The molecule has 0 unspecified atom stereocenters. The maximum atomic E-state index is 6.38. The van der Waals surface area contributed by atoms with Gasteiger partial charge in [0, 0.05) is 39.9 Å². The standard InChI is InChI=1S/C28H17BrN2O/c29-24-10-6-9-23-22-8-5-7-21(27(22)32-28(23)24)18-15-19(25-11-1-3-13-30-25)17-20(16-18)26-12-2-4-14-31-26/h1-17H. The molecule has 3 aromatic carbocycles. The van der Waals surface area contributed by atoms with Gasteiger partial charge in [-0.25, -0.2) is 0 Å². The summed E-state index contributed by atoms with van der Waals surface area (Å²) in [5.41, 5.74) is 7.77. The monoisotopic (exact) mass is 476 g/mol. The highest BCUT2D eigenvalue weighted by atomic mass is 79.9. The molecule has 32 heavy (non-hydrogen) atoms. The number of hydrogen-bond acceptors (Lipinski definition) is 3. The van der Waals surface area contributed by atoms with Crippen LogP contribution in [0.15, 0.2) is 112 Å². The van der Waals surface area contributed by atoms with Crippen molar-refractivity contribution in [1.29, 1.82) is 0 Å². The van der Waals surface area contributed by atoms with Crippen molar-refractivity contribution >= 4 is 37.9 Å². The third-order valence-electron chi connectivity index (χ3n) is 5.64. The molecule has 0 fully saturated rings. The van der Waals surface area contributed by atoms with Crippen molar-refractivity contribution in [3.8, 4) is 33.6 Å². The van der Waals surface area contributed by atoms with Crippen LogP contribution in [0.3, 0.4) is 0 Å². The fourth-order valence-corrected chi connectivity index (χ4v) is 4.61. The Balaban J connectivity index is 1.64. The van der Waals surface area contributed by atoms with Gasteiger partial charge in [0.15, 0.2) is 0 Å². The Morgan fingerprint density at radius 3 is 1.78 bits per heavy atom. The second kappa shape index (κ2) is 7.74. The quantitative estimate of drug-likeness (QED) is 0.258. The van der Waals surface area contributed by atoms with Gasteiger partial charge >= 0.3 is 0 Å². The first-order chi connectivity index (χ1) is 15.8. The molecule has 4 heteroatoms. The van der Waals surface area contributed by atoms with E-state index >= 15 is 0 Å². The third-order valence-corrected chi connectivity index (χ3v) is 6.27. The Morgan fingerprint density at radius 2 is 1.16 bits per heavy atom. The van der Waals surface area contributed by atoms with E-state index in [9.17, 15) is 0 Å². The maximum Gasteiger partial charge on any atom is 0.149 e. The largest absolute Gasteiger partial charge is 0.454 e. The average Bonchev–Trinajstić information content (AvgIpc) is 3.25. The van der Waals surface area contributed by atoms with E-state index in [0.29, 0.717) is 0 Å². The summed E-state index contributed by atoms with van der Waals surface area (Å²) in [6.07, 6.45) is 3.64. The molecule has 0 amide bonds. The summed E-state index contributed by atoms with van der Waals surface area (Å²) in [4.78, 5) is 9.15. The van der Waals surface area contributed by atoms with Gasteiger partial charge in [0.1, 0.15) is 11.2 Å². The molecular weight excluding hydrogens is 460 g/mol. The van der Waals surface area contributed by atoms with Crippen molar-refractivity contribution in [3.63, 3.8) is 0 Å². The third kappa shape index (κ3) is 3.20. The van der Waals surface area contributed by atoms with Crippen molar-refractivity contribution in [1.82, 2.24) is 9.97 Å². The smallest absolute Gasteiger partial charge is 0.149 e. The molecule has 0 N–H and O–H groups in total. The fourth-order valence-electron chi connectivity index (χ4n) is 4.16. The van der Waals surface area contributed by atoms with Crippen LogP contribution in [0.25, 0.3) is 55.6 Å². The molecule has 0 spiro atoms. The van der Waals surface area contributed by atoms with Gasteiger partial charge in [0.2, 0.25) is 0 Å². The van der Waals surface area contributed by atoms with Crippen LogP contribution in [0.2, 0.25) is 0 Å². The van der Waals surface area contributed by atoms with Crippen molar-refractivity contribution in [2.24, 2.45) is 0 Å². The number of nitrogens with zero attached hydrogens (tertiary/aromatic N) is 2. The number of pyridine rings is 2. The predicted octanol–water partition coefficient (Wildman–Crippen LogP) is 8.14. The van der Waals surface area contributed by atoms with Crippen LogP contribution in [0.5, 0.6) is 0 Å². The molecule has 0 saturated heterocycles. The molecule has 0 radical (unpaired) electrons. The lowest BCUT2D eigenvalue weighted by Gasteiger charge is -2.10. The van der Waals surface area contributed by atoms with Crippen LogP contribution in [0, 0.1) is 0 Å². The second-order valence-electron chi connectivity index (χ2n) is 7.63. The molecule has 0 aliphatic heterocycles. The molecular formula is C28H17BrN2O. The lowest BCUT2D eigenvalue weighted by molar-refractivity contribution is 0.668. The first-order valence-electron chi connectivity index (χ1n) is 10.4. The summed E-state index contributed by atoms with van der Waals surface area (Å²) in [5, 5.41) is 2.20. The van der Waals surface area contributed by atoms with Gasteiger partial charge < -0.3 is 4.42 Å². The minimum Gasteiger partial charge on any atom is -0.454 e. The van der Waals surface area contributed by atoms with Gasteiger partial charge in [-0.05, 0) is 70.0 Å². The van der Waals surface area contributed by atoms with Crippen molar-refractivity contribution < 1.29 is 4.42 Å². The summed E-state index contributed by atoms with van der Waals surface area (Å²) < 4.78 is 7.33. The molecule has 0 bridgehead atoms. The predicted molar refractivity (Wildman–Crippen MR) is 133 cm³/mol. The highest BCUT2D eigenvalue weighted by Crippen LogP contribution is 2.40.